The molecule has 0 aliphatic carbocycles. The van der Waals surface area contributed by atoms with E-state index in [2.05, 4.69) is 11.6 Å². The van der Waals surface area contributed by atoms with E-state index >= 15 is 0 Å². The Kier molecular flexibility index (Phi) is 3.58. The van der Waals surface area contributed by atoms with E-state index < -0.39 is 0 Å². The Morgan fingerprint density at radius 2 is 2.37 bits per heavy atom. The zero-order chi connectivity index (χ0) is 13.8. The van der Waals surface area contributed by atoms with Gasteiger partial charge in [0.1, 0.15) is 5.76 Å². The molecule has 0 saturated carbocycles. The molecule has 0 aliphatic heterocycles. The molecule has 0 N–H and O–H groups in total. The zero-order valence-corrected chi connectivity index (χ0v) is 10.5. The van der Waals surface area contributed by atoms with Crippen LogP contribution in [0.4, 0.5) is 0 Å². The van der Waals surface area contributed by atoms with Gasteiger partial charge in [-0.2, -0.15) is 5.26 Å². The highest BCUT2D eigenvalue weighted by molar-refractivity contribution is 6.07. The van der Waals surface area contributed by atoms with Crippen LogP contribution in [-0.2, 0) is 0 Å². The van der Waals surface area contributed by atoms with Gasteiger partial charge >= 0.3 is 0 Å². The van der Waals surface area contributed by atoms with Crippen LogP contribution in [0.25, 0.3) is 11.3 Å². The van der Waals surface area contributed by atoms with Crippen LogP contribution < -0.4 is 0 Å². The second kappa shape index (κ2) is 5.32. The van der Waals surface area contributed by atoms with Gasteiger partial charge in [-0.1, -0.05) is 6.58 Å². The predicted molar refractivity (Wildman–Crippen MR) is 70.4 cm³/mol. The number of rotatable bonds is 4. The van der Waals surface area contributed by atoms with Crippen LogP contribution in [0.15, 0.2) is 47.2 Å². The molecule has 0 spiro atoms. The van der Waals surface area contributed by atoms with Crippen molar-refractivity contribution >= 4 is 5.78 Å². The van der Waals surface area contributed by atoms with E-state index in [4.69, 9.17) is 9.68 Å². The monoisotopic (exact) mass is 252 g/mol. The number of carbonyl (C=O) groups is 1. The van der Waals surface area contributed by atoms with E-state index in [-0.39, 0.29) is 23.5 Å². The molecule has 2 aromatic heterocycles. The molecule has 94 valence electrons. The van der Waals surface area contributed by atoms with E-state index in [9.17, 15) is 4.79 Å². The van der Waals surface area contributed by atoms with Gasteiger partial charge < -0.3 is 4.42 Å². The molecule has 2 aromatic rings. The van der Waals surface area contributed by atoms with Gasteiger partial charge in [-0.25, -0.2) is 0 Å². The Morgan fingerprint density at radius 3 is 3.00 bits per heavy atom. The van der Waals surface area contributed by atoms with Gasteiger partial charge in [-0.15, -0.1) is 0 Å². The topological polar surface area (TPSA) is 66.9 Å². The Balaban J connectivity index is 2.35. The van der Waals surface area contributed by atoms with Gasteiger partial charge in [0.2, 0.25) is 5.78 Å². The first-order chi connectivity index (χ1) is 9.13. The zero-order valence-electron chi connectivity index (χ0n) is 10.5. The van der Waals surface area contributed by atoms with Crippen LogP contribution in [0, 0.1) is 18.3 Å². The number of nitrogens with zero attached hydrogens (tertiary/aromatic N) is 2. The highest BCUT2D eigenvalue weighted by Crippen LogP contribution is 2.26. The van der Waals surface area contributed by atoms with Crippen LogP contribution in [0.3, 0.4) is 0 Å². The third-order valence-corrected chi connectivity index (χ3v) is 2.68. The molecule has 4 nitrogen and oxygen atoms in total. The Hall–Kier alpha value is -2.67. The summed E-state index contributed by atoms with van der Waals surface area (Å²) in [5.74, 6) is 0.493. The summed E-state index contributed by atoms with van der Waals surface area (Å²) in [4.78, 5) is 16.0. The van der Waals surface area contributed by atoms with E-state index in [0.717, 1.165) is 11.1 Å². The standard InChI is InChI=1S/C15H12N2O2/c1-10(5-6-16)14(18)15-11(2)8-13(19-15)12-4-3-7-17-9-12/h3-4,7-9H,1,5H2,2H3. The fourth-order valence-corrected chi connectivity index (χ4v) is 1.69. The van der Waals surface area contributed by atoms with Gasteiger partial charge in [0.25, 0.3) is 0 Å². The summed E-state index contributed by atoms with van der Waals surface area (Å²) in [5.41, 5.74) is 1.76. The molecule has 2 heterocycles. The van der Waals surface area contributed by atoms with Crippen molar-refractivity contribution in [3.63, 3.8) is 0 Å². The first-order valence-electron chi connectivity index (χ1n) is 5.73. The minimum atomic E-state index is -0.325. The lowest BCUT2D eigenvalue weighted by molar-refractivity contribution is 0.100. The summed E-state index contributed by atoms with van der Waals surface area (Å²) in [6, 6.07) is 7.33. The lowest BCUT2D eigenvalue weighted by atomic mass is 10.1. The summed E-state index contributed by atoms with van der Waals surface area (Å²) in [6.45, 7) is 5.39. The maximum Gasteiger partial charge on any atom is 0.224 e. The molecular weight excluding hydrogens is 240 g/mol. The number of aryl methyl sites for hydroxylation is 1. The first kappa shape index (κ1) is 12.8. The van der Waals surface area contributed by atoms with E-state index in [1.807, 2.05) is 12.1 Å². The van der Waals surface area contributed by atoms with Crippen molar-refractivity contribution in [2.24, 2.45) is 0 Å². The number of hydrogen-bond acceptors (Lipinski definition) is 4. The smallest absolute Gasteiger partial charge is 0.224 e. The van der Waals surface area contributed by atoms with Crippen LogP contribution in [0.1, 0.15) is 22.5 Å². The van der Waals surface area contributed by atoms with Crippen LogP contribution in [0.5, 0.6) is 0 Å². The van der Waals surface area contributed by atoms with Crippen molar-refractivity contribution in [3.8, 4) is 17.4 Å². The van der Waals surface area contributed by atoms with Crippen molar-refractivity contribution in [1.29, 1.82) is 5.26 Å². The molecule has 0 radical (unpaired) electrons. The molecule has 0 fully saturated rings. The number of ketones is 1. The minimum absolute atomic E-state index is 0.00119. The van der Waals surface area contributed by atoms with Gasteiger partial charge in [0.05, 0.1) is 12.5 Å². The number of hydrogen-bond donors (Lipinski definition) is 0. The predicted octanol–water partition coefficient (Wildman–Crippen LogP) is 3.30. The number of nitriles is 1. The fraction of sp³-hybridized carbons (Fsp3) is 0.133. The van der Waals surface area contributed by atoms with Crippen molar-refractivity contribution in [2.45, 2.75) is 13.3 Å². The summed E-state index contributed by atoms with van der Waals surface area (Å²) >= 11 is 0. The first-order valence-corrected chi connectivity index (χ1v) is 5.73. The van der Waals surface area contributed by atoms with E-state index in [1.165, 1.54) is 0 Å². The summed E-state index contributed by atoms with van der Waals surface area (Å²) < 4.78 is 5.57. The molecule has 0 saturated heterocycles. The lowest BCUT2D eigenvalue weighted by Crippen LogP contribution is -2.01. The largest absolute Gasteiger partial charge is 0.452 e. The minimum Gasteiger partial charge on any atom is -0.452 e. The van der Waals surface area contributed by atoms with Crippen molar-refractivity contribution in [3.05, 3.63) is 54.1 Å². The quantitative estimate of drug-likeness (QED) is 0.618. The van der Waals surface area contributed by atoms with Crippen LogP contribution in [0.2, 0.25) is 0 Å². The van der Waals surface area contributed by atoms with E-state index in [0.29, 0.717) is 5.76 Å². The van der Waals surface area contributed by atoms with Gasteiger partial charge in [-0.3, -0.25) is 9.78 Å². The molecule has 4 heteroatoms. The number of carbonyl (C=O) groups excluding carboxylic acids is 1. The lowest BCUT2D eigenvalue weighted by Gasteiger charge is -1.98. The molecule has 0 unspecified atom stereocenters. The number of pyridine rings is 1. The van der Waals surface area contributed by atoms with Crippen LogP contribution in [-0.4, -0.2) is 10.8 Å². The van der Waals surface area contributed by atoms with Gasteiger partial charge in [0.15, 0.2) is 5.76 Å². The fourth-order valence-electron chi connectivity index (χ4n) is 1.69. The Morgan fingerprint density at radius 1 is 1.58 bits per heavy atom. The maximum absolute atomic E-state index is 12.0. The number of aromatic nitrogens is 1. The third kappa shape index (κ3) is 2.61. The number of furan rings is 1. The highest BCUT2D eigenvalue weighted by atomic mass is 16.3. The summed E-state index contributed by atoms with van der Waals surface area (Å²) in [6.07, 6.45) is 3.33. The Labute approximate surface area is 111 Å². The third-order valence-electron chi connectivity index (χ3n) is 2.68. The molecule has 0 aliphatic rings. The molecular formula is C15H12N2O2. The van der Waals surface area contributed by atoms with Crippen molar-refractivity contribution in [1.82, 2.24) is 4.98 Å². The number of allylic oxidation sites excluding steroid dienone is 1. The van der Waals surface area contributed by atoms with Gasteiger partial charge in [-0.05, 0) is 30.7 Å². The summed E-state index contributed by atoms with van der Waals surface area (Å²) in [5, 5.41) is 8.58. The Bertz CT molecular complexity index is 663. The molecule has 0 bridgehead atoms. The van der Waals surface area contributed by atoms with Gasteiger partial charge in [0, 0.05) is 23.5 Å². The molecule has 0 aromatic carbocycles. The second-order valence-corrected chi connectivity index (χ2v) is 4.13. The number of Topliss-reactive ketones (excluding diaryl/α,β-unsaturated/α-hetero) is 1. The SMILES string of the molecule is C=C(CC#N)C(=O)c1oc(-c2cccnc2)cc1C. The average Bonchev–Trinajstić information content (AvgIpc) is 2.81. The van der Waals surface area contributed by atoms with Crippen molar-refractivity contribution in [2.75, 3.05) is 0 Å². The molecule has 0 amide bonds. The highest BCUT2D eigenvalue weighted by Gasteiger charge is 2.18. The van der Waals surface area contributed by atoms with E-state index in [1.54, 1.807) is 31.5 Å². The average molecular weight is 252 g/mol. The molecule has 19 heavy (non-hydrogen) atoms. The normalized spacial score (nSPS) is 9.89. The van der Waals surface area contributed by atoms with Crippen molar-refractivity contribution < 1.29 is 9.21 Å². The molecule has 2 rings (SSSR count). The summed E-state index contributed by atoms with van der Waals surface area (Å²) in [7, 11) is 0. The molecule has 0 atom stereocenters. The second-order valence-electron chi connectivity index (χ2n) is 4.13. The maximum atomic E-state index is 12.0. The van der Waals surface area contributed by atoms with Crippen LogP contribution >= 0.6 is 0 Å².